The van der Waals surface area contributed by atoms with Crippen LogP contribution in [0, 0.1) is 18.8 Å². The van der Waals surface area contributed by atoms with E-state index in [1.807, 2.05) is 29.8 Å². The summed E-state index contributed by atoms with van der Waals surface area (Å²) in [6.07, 6.45) is 5.89. The first-order valence-corrected chi connectivity index (χ1v) is 6.84. The molecule has 2 aromatic rings. The predicted molar refractivity (Wildman–Crippen MR) is 72.8 cm³/mol. The van der Waals surface area contributed by atoms with Crippen LogP contribution < -0.4 is 5.56 Å². The summed E-state index contributed by atoms with van der Waals surface area (Å²) in [5.74, 6) is 1.65. The first-order valence-electron chi connectivity index (χ1n) is 6.84. The summed E-state index contributed by atoms with van der Waals surface area (Å²) < 4.78 is 2.00. The van der Waals surface area contributed by atoms with Crippen LogP contribution in [0.3, 0.4) is 0 Å². The van der Waals surface area contributed by atoms with Crippen molar-refractivity contribution in [2.24, 2.45) is 11.8 Å². The van der Waals surface area contributed by atoms with E-state index in [2.05, 4.69) is 12.1 Å². The molecule has 3 saturated carbocycles. The van der Waals surface area contributed by atoms with E-state index in [1.54, 1.807) is 0 Å². The number of nitrogens with zero attached hydrogens (tertiary/aromatic N) is 1. The molecule has 1 unspecified atom stereocenters. The van der Waals surface area contributed by atoms with Crippen LogP contribution in [0.15, 0.2) is 35.3 Å². The van der Waals surface area contributed by atoms with Crippen molar-refractivity contribution >= 4 is 10.8 Å². The molecule has 1 heterocycles. The van der Waals surface area contributed by atoms with Gasteiger partial charge in [-0.3, -0.25) is 4.79 Å². The number of fused-ring (bicyclic) bond motifs is 2. The molecule has 2 heteroatoms. The molecule has 3 aliphatic rings. The number of aromatic nitrogens is 1. The minimum absolute atomic E-state index is 0.203. The van der Waals surface area contributed by atoms with E-state index in [9.17, 15) is 4.79 Å². The Hall–Kier alpha value is -1.57. The van der Waals surface area contributed by atoms with Crippen LogP contribution in [0.25, 0.3) is 10.8 Å². The molecule has 0 N–H and O–H groups in total. The first-order chi connectivity index (χ1) is 8.72. The Balaban J connectivity index is 1.91. The van der Waals surface area contributed by atoms with Crippen molar-refractivity contribution in [1.29, 1.82) is 0 Å². The molecule has 2 nitrogen and oxygen atoms in total. The average molecular weight is 239 g/mol. The zero-order valence-corrected chi connectivity index (χ0v) is 10.6. The molecular formula is C16H17NO. The smallest absolute Gasteiger partial charge is 0.258 e. The highest BCUT2D eigenvalue weighted by Crippen LogP contribution is 2.54. The van der Waals surface area contributed by atoms with Gasteiger partial charge in [0.1, 0.15) is 0 Å². The lowest BCUT2D eigenvalue weighted by Gasteiger charge is -2.25. The van der Waals surface area contributed by atoms with Crippen LogP contribution in [0.5, 0.6) is 0 Å². The highest BCUT2D eigenvalue weighted by molar-refractivity contribution is 5.82. The molecule has 18 heavy (non-hydrogen) atoms. The Morgan fingerprint density at radius 1 is 1.17 bits per heavy atom. The molecule has 3 aliphatic carbocycles. The zero-order valence-electron chi connectivity index (χ0n) is 10.6. The maximum absolute atomic E-state index is 12.6. The Kier molecular flexibility index (Phi) is 2.00. The maximum atomic E-state index is 12.6. The Morgan fingerprint density at radius 2 is 2.00 bits per heavy atom. The summed E-state index contributed by atoms with van der Waals surface area (Å²) in [4.78, 5) is 12.6. The normalized spacial score (nSPS) is 29.5. The zero-order chi connectivity index (χ0) is 12.3. The molecule has 0 spiro atoms. The van der Waals surface area contributed by atoms with E-state index in [0.29, 0.717) is 6.04 Å². The Bertz CT molecular complexity index is 679. The number of rotatable bonds is 1. The second-order valence-electron chi connectivity index (χ2n) is 6.02. The summed E-state index contributed by atoms with van der Waals surface area (Å²) >= 11 is 0. The molecular weight excluding hydrogens is 222 g/mol. The maximum Gasteiger partial charge on any atom is 0.258 e. The van der Waals surface area contributed by atoms with Gasteiger partial charge in [-0.15, -0.1) is 0 Å². The highest BCUT2D eigenvalue weighted by Gasteiger charge is 2.45. The van der Waals surface area contributed by atoms with Gasteiger partial charge >= 0.3 is 0 Å². The van der Waals surface area contributed by atoms with Gasteiger partial charge in [-0.2, -0.15) is 0 Å². The number of aryl methyl sites for hydroxylation is 1. The van der Waals surface area contributed by atoms with Crippen LogP contribution in [0.2, 0.25) is 0 Å². The SMILES string of the molecule is Cc1ccc2ccn(C3CC4CC3C4)c(=O)c2c1. The fourth-order valence-corrected chi connectivity index (χ4v) is 3.80. The van der Waals surface area contributed by atoms with Crippen molar-refractivity contribution in [1.82, 2.24) is 4.57 Å². The lowest BCUT2D eigenvalue weighted by atomic mass is 9.84. The minimum Gasteiger partial charge on any atom is -0.312 e. The van der Waals surface area contributed by atoms with E-state index < -0.39 is 0 Å². The molecule has 1 atom stereocenters. The lowest BCUT2D eigenvalue weighted by Crippen LogP contribution is -2.26. The van der Waals surface area contributed by atoms with Gasteiger partial charge in [-0.05, 0) is 55.5 Å². The molecule has 0 aliphatic heterocycles. The van der Waals surface area contributed by atoms with Gasteiger partial charge in [0.25, 0.3) is 5.56 Å². The first kappa shape index (κ1) is 10.4. The molecule has 1 aromatic heterocycles. The summed E-state index contributed by atoms with van der Waals surface area (Å²) in [6, 6.07) is 8.69. The van der Waals surface area contributed by atoms with Crippen molar-refractivity contribution in [3.05, 3.63) is 46.4 Å². The van der Waals surface area contributed by atoms with Gasteiger partial charge in [-0.1, -0.05) is 17.7 Å². The van der Waals surface area contributed by atoms with Crippen molar-refractivity contribution in [2.75, 3.05) is 0 Å². The third-order valence-corrected chi connectivity index (χ3v) is 4.84. The molecule has 3 fully saturated rings. The molecule has 2 bridgehead atoms. The number of benzene rings is 1. The monoisotopic (exact) mass is 239 g/mol. The average Bonchev–Trinajstić information content (AvgIpc) is 2.89. The molecule has 0 radical (unpaired) electrons. The summed E-state index contributed by atoms with van der Waals surface area (Å²) in [5.41, 5.74) is 1.36. The van der Waals surface area contributed by atoms with E-state index in [4.69, 9.17) is 0 Å². The van der Waals surface area contributed by atoms with Crippen LogP contribution in [0.4, 0.5) is 0 Å². The van der Waals surface area contributed by atoms with Crippen LogP contribution in [0.1, 0.15) is 30.9 Å². The van der Waals surface area contributed by atoms with Crippen LogP contribution in [-0.4, -0.2) is 4.57 Å². The largest absolute Gasteiger partial charge is 0.312 e. The fraction of sp³-hybridized carbons (Fsp3) is 0.438. The number of pyridine rings is 1. The van der Waals surface area contributed by atoms with Crippen LogP contribution >= 0.6 is 0 Å². The predicted octanol–water partition coefficient (Wildman–Crippen LogP) is 3.28. The lowest BCUT2D eigenvalue weighted by molar-refractivity contribution is 0.273. The topological polar surface area (TPSA) is 22.0 Å². The van der Waals surface area contributed by atoms with Crippen molar-refractivity contribution < 1.29 is 0 Å². The van der Waals surface area contributed by atoms with E-state index in [0.717, 1.165) is 28.2 Å². The van der Waals surface area contributed by atoms with E-state index in [-0.39, 0.29) is 5.56 Å². The quantitative estimate of drug-likeness (QED) is 0.748. The highest BCUT2D eigenvalue weighted by atomic mass is 16.1. The molecule has 5 rings (SSSR count). The fourth-order valence-electron chi connectivity index (χ4n) is 3.80. The molecule has 92 valence electrons. The summed E-state index contributed by atoms with van der Waals surface area (Å²) in [6.45, 7) is 2.04. The van der Waals surface area contributed by atoms with Crippen molar-refractivity contribution in [2.45, 2.75) is 32.2 Å². The van der Waals surface area contributed by atoms with Crippen molar-refractivity contribution in [3.8, 4) is 0 Å². The number of hydrogen-bond donors (Lipinski definition) is 0. The third kappa shape index (κ3) is 1.32. The Morgan fingerprint density at radius 3 is 2.72 bits per heavy atom. The summed E-state index contributed by atoms with van der Waals surface area (Å²) in [5, 5.41) is 1.94. The van der Waals surface area contributed by atoms with Crippen molar-refractivity contribution in [3.63, 3.8) is 0 Å². The third-order valence-electron chi connectivity index (χ3n) is 4.84. The van der Waals surface area contributed by atoms with Gasteiger partial charge in [0.2, 0.25) is 0 Å². The van der Waals surface area contributed by atoms with E-state index >= 15 is 0 Å². The van der Waals surface area contributed by atoms with Gasteiger partial charge in [0.15, 0.2) is 0 Å². The Labute approximate surface area is 106 Å². The second kappa shape index (κ2) is 3.47. The van der Waals surface area contributed by atoms with Gasteiger partial charge < -0.3 is 4.57 Å². The standard InChI is InChI=1S/C16H17NO/c1-10-2-3-12-4-5-17(16(18)14(12)6-10)15-9-11-7-13(15)8-11/h2-6,11,13,15H,7-9H2,1H3. The summed E-state index contributed by atoms with van der Waals surface area (Å²) in [7, 11) is 0. The van der Waals surface area contributed by atoms with Crippen LogP contribution in [-0.2, 0) is 0 Å². The molecule has 1 aromatic carbocycles. The molecule has 0 amide bonds. The molecule has 0 saturated heterocycles. The van der Waals surface area contributed by atoms with E-state index in [1.165, 1.54) is 19.3 Å². The number of hydrogen-bond acceptors (Lipinski definition) is 1. The van der Waals surface area contributed by atoms with Gasteiger partial charge in [0, 0.05) is 17.6 Å². The van der Waals surface area contributed by atoms with Gasteiger partial charge in [-0.25, -0.2) is 0 Å². The minimum atomic E-state index is 0.203. The second-order valence-corrected chi connectivity index (χ2v) is 6.02. The van der Waals surface area contributed by atoms with Gasteiger partial charge in [0.05, 0.1) is 0 Å².